The highest BCUT2D eigenvalue weighted by atomic mass is 32.2. The van der Waals surface area contributed by atoms with Crippen molar-refractivity contribution in [2.45, 2.75) is 19.1 Å². The van der Waals surface area contributed by atoms with Crippen LogP contribution in [0.2, 0.25) is 0 Å². The third-order valence-corrected chi connectivity index (χ3v) is 2.89. The van der Waals surface area contributed by atoms with Gasteiger partial charge in [-0.3, -0.25) is 4.79 Å². The number of nitrogens with one attached hydrogen (secondary N) is 1. The van der Waals surface area contributed by atoms with Crippen molar-refractivity contribution in [1.82, 2.24) is 4.98 Å². The van der Waals surface area contributed by atoms with Crippen LogP contribution in [0.15, 0.2) is 18.3 Å². The molecule has 1 aromatic heterocycles. The second-order valence-electron chi connectivity index (χ2n) is 3.03. The van der Waals surface area contributed by atoms with Crippen LogP contribution in [0.4, 0.5) is 5.82 Å². The van der Waals surface area contributed by atoms with Crippen molar-refractivity contribution < 1.29 is 4.79 Å². The molecule has 0 aromatic carbocycles. The minimum atomic E-state index is -0.0912. The molecule has 0 fully saturated rings. The topological polar surface area (TPSA) is 42.0 Å². The molecule has 0 aliphatic carbocycles. The van der Waals surface area contributed by atoms with Gasteiger partial charge in [0.15, 0.2) is 0 Å². The number of hydrogen-bond donors (Lipinski definition) is 1. The van der Waals surface area contributed by atoms with Crippen LogP contribution in [0.1, 0.15) is 24.7 Å². The van der Waals surface area contributed by atoms with Gasteiger partial charge in [-0.05, 0) is 30.9 Å². The van der Waals surface area contributed by atoms with E-state index in [1.807, 2.05) is 12.1 Å². The zero-order valence-electron chi connectivity index (χ0n) is 8.57. The summed E-state index contributed by atoms with van der Waals surface area (Å²) >= 11 is 1.76. The molecule has 0 aliphatic rings. The third-order valence-electron chi connectivity index (χ3n) is 1.91. The highest BCUT2D eigenvalue weighted by molar-refractivity contribution is 7.98. The van der Waals surface area contributed by atoms with Crippen LogP contribution in [0.5, 0.6) is 0 Å². The summed E-state index contributed by atoms with van der Waals surface area (Å²) < 4.78 is 0. The molecule has 1 unspecified atom stereocenters. The second-order valence-corrected chi connectivity index (χ2v) is 4.21. The van der Waals surface area contributed by atoms with Gasteiger partial charge in [0.1, 0.15) is 5.82 Å². The molecule has 0 radical (unpaired) electrons. The van der Waals surface area contributed by atoms with Gasteiger partial charge < -0.3 is 5.32 Å². The molecule has 0 aliphatic heterocycles. The lowest BCUT2D eigenvalue weighted by Crippen LogP contribution is -2.07. The van der Waals surface area contributed by atoms with Crippen molar-refractivity contribution >= 4 is 23.5 Å². The van der Waals surface area contributed by atoms with Gasteiger partial charge in [-0.2, -0.15) is 11.8 Å². The number of amides is 1. The van der Waals surface area contributed by atoms with E-state index in [1.54, 1.807) is 18.0 Å². The second kappa shape index (κ2) is 5.00. The van der Waals surface area contributed by atoms with Crippen LogP contribution >= 0.6 is 11.8 Å². The average Bonchev–Trinajstić information content (AvgIpc) is 2.16. The van der Waals surface area contributed by atoms with Crippen molar-refractivity contribution in [2.75, 3.05) is 11.6 Å². The van der Waals surface area contributed by atoms with E-state index in [9.17, 15) is 4.79 Å². The van der Waals surface area contributed by atoms with Gasteiger partial charge in [0.25, 0.3) is 0 Å². The number of carbonyl (C=O) groups is 1. The number of aromatic nitrogens is 1. The standard InChI is InChI=1S/C10H14N2OS/c1-7(14-3)9-4-5-11-10(6-9)12-8(2)13/h4-7H,1-3H3,(H,11,12,13). The van der Waals surface area contributed by atoms with E-state index in [2.05, 4.69) is 23.5 Å². The first-order valence-corrected chi connectivity index (χ1v) is 5.68. The number of anilines is 1. The molecular formula is C10H14N2OS. The van der Waals surface area contributed by atoms with Crippen LogP contribution in [-0.4, -0.2) is 17.1 Å². The number of nitrogens with zero attached hydrogens (tertiary/aromatic N) is 1. The highest BCUT2D eigenvalue weighted by Gasteiger charge is 2.05. The van der Waals surface area contributed by atoms with Crippen molar-refractivity contribution in [2.24, 2.45) is 0 Å². The summed E-state index contributed by atoms with van der Waals surface area (Å²) in [4.78, 5) is 14.9. The Morgan fingerprint density at radius 1 is 1.64 bits per heavy atom. The van der Waals surface area contributed by atoms with Gasteiger partial charge in [0, 0.05) is 18.4 Å². The molecule has 4 heteroatoms. The number of thioether (sulfide) groups is 1. The van der Waals surface area contributed by atoms with Crippen LogP contribution < -0.4 is 5.32 Å². The van der Waals surface area contributed by atoms with E-state index >= 15 is 0 Å². The van der Waals surface area contributed by atoms with E-state index in [0.717, 1.165) is 0 Å². The van der Waals surface area contributed by atoms with E-state index in [0.29, 0.717) is 11.1 Å². The first-order valence-electron chi connectivity index (χ1n) is 4.40. The maximum Gasteiger partial charge on any atom is 0.222 e. The Kier molecular flexibility index (Phi) is 3.95. The van der Waals surface area contributed by atoms with Gasteiger partial charge in [-0.15, -0.1) is 0 Å². The van der Waals surface area contributed by atoms with E-state index in [4.69, 9.17) is 0 Å². The molecule has 0 saturated heterocycles. The largest absolute Gasteiger partial charge is 0.311 e. The Morgan fingerprint density at radius 2 is 2.36 bits per heavy atom. The van der Waals surface area contributed by atoms with Gasteiger partial charge in [0.2, 0.25) is 5.91 Å². The number of hydrogen-bond acceptors (Lipinski definition) is 3. The Bertz CT molecular complexity index is 328. The monoisotopic (exact) mass is 210 g/mol. The maximum atomic E-state index is 10.8. The van der Waals surface area contributed by atoms with Gasteiger partial charge >= 0.3 is 0 Å². The lowest BCUT2D eigenvalue weighted by Gasteiger charge is -2.09. The molecule has 3 nitrogen and oxygen atoms in total. The summed E-state index contributed by atoms with van der Waals surface area (Å²) in [7, 11) is 0. The van der Waals surface area contributed by atoms with Crippen molar-refractivity contribution in [1.29, 1.82) is 0 Å². The molecule has 0 spiro atoms. The zero-order chi connectivity index (χ0) is 10.6. The fourth-order valence-corrected chi connectivity index (χ4v) is 1.50. The van der Waals surface area contributed by atoms with Crippen molar-refractivity contribution in [3.63, 3.8) is 0 Å². The summed E-state index contributed by atoms with van der Waals surface area (Å²) in [5, 5.41) is 3.09. The minimum Gasteiger partial charge on any atom is -0.311 e. The smallest absolute Gasteiger partial charge is 0.222 e. The molecule has 1 N–H and O–H groups in total. The first-order chi connectivity index (χ1) is 6.63. The molecule has 14 heavy (non-hydrogen) atoms. The van der Waals surface area contributed by atoms with Gasteiger partial charge in [0.05, 0.1) is 0 Å². The summed E-state index contributed by atoms with van der Waals surface area (Å²) in [6.45, 7) is 3.60. The molecule has 1 atom stereocenters. The number of rotatable bonds is 3. The SMILES string of the molecule is CSC(C)c1ccnc(NC(C)=O)c1. The first kappa shape index (κ1) is 11.0. The van der Waals surface area contributed by atoms with Crippen LogP contribution in [-0.2, 0) is 4.79 Å². The summed E-state index contributed by atoms with van der Waals surface area (Å²) in [6, 6.07) is 3.87. The maximum absolute atomic E-state index is 10.8. The Balaban J connectivity index is 2.83. The van der Waals surface area contributed by atoms with Crippen LogP contribution in [0.25, 0.3) is 0 Å². The highest BCUT2D eigenvalue weighted by Crippen LogP contribution is 2.26. The predicted molar refractivity (Wildman–Crippen MR) is 60.5 cm³/mol. The minimum absolute atomic E-state index is 0.0912. The summed E-state index contributed by atoms with van der Waals surface area (Å²) in [5.41, 5.74) is 1.18. The van der Waals surface area contributed by atoms with E-state index in [1.165, 1.54) is 12.5 Å². The molecular weight excluding hydrogens is 196 g/mol. The lowest BCUT2D eigenvalue weighted by molar-refractivity contribution is -0.114. The Labute approximate surface area is 88.3 Å². The lowest BCUT2D eigenvalue weighted by atomic mass is 10.2. The molecule has 1 aromatic rings. The van der Waals surface area contributed by atoms with E-state index < -0.39 is 0 Å². The predicted octanol–water partition coefficient (Wildman–Crippen LogP) is 2.46. The molecule has 1 heterocycles. The third kappa shape index (κ3) is 3.03. The molecule has 1 rings (SSSR count). The van der Waals surface area contributed by atoms with Crippen LogP contribution in [0.3, 0.4) is 0 Å². The average molecular weight is 210 g/mol. The van der Waals surface area contributed by atoms with Gasteiger partial charge in [-0.1, -0.05) is 0 Å². The zero-order valence-corrected chi connectivity index (χ0v) is 9.39. The number of pyridine rings is 1. The summed E-state index contributed by atoms with van der Waals surface area (Å²) in [6.07, 6.45) is 3.77. The number of carbonyl (C=O) groups excluding carboxylic acids is 1. The molecule has 0 bridgehead atoms. The van der Waals surface area contributed by atoms with E-state index in [-0.39, 0.29) is 5.91 Å². The fraction of sp³-hybridized carbons (Fsp3) is 0.400. The van der Waals surface area contributed by atoms with Crippen molar-refractivity contribution in [3.05, 3.63) is 23.9 Å². The Morgan fingerprint density at radius 3 is 2.93 bits per heavy atom. The fourth-order valence-electron chi connectivity index (χ4n) is 1.08. The van der Waals surface area contributed by atoms with Crippen LogP contribution in [0, 0.1) is 0 Å². The summed E-state index contributed by atoms with van der Waals surface area (Å²) in [5.74, 6) is 0.530. The van der Waals surface area contributed by atoms with Crippen molar-refractivity contribution in [3.8, 4) is 0 Å². The quantitative estimate of drug-likeness (QED) is 0.833. The molecule has 1 amide bonds. The molecule has 76 valence electrons. The molecule has 0 saturated carbocycles. The van der Waals surface area contributed by atoms with Gasteiger partial charge in [-0.25, -0.2) is 4.98 Å². The Hall–Kier alpha value is -1.03. The normalized spacial score (nSPS) is 12.2.